The molecule has 12 heteroatoms. The number of hydrogen-bond acceptors (Lipinski definition) is 10. The molecule has 1 amide bonds. The highest BCUT2D eigenvalue weighted by Crippen LogP contribution is 2.39. The minimum atomic E-state index is -0.521. The zero-order chi connectivity index (χ0) is 30.3. The number of nitrogens with zero attached hydrogens (tertiary/aromatic N) is 5. The predicted octanol–water partition coefficient (Wildman–Crippen LogP) is 4.57. The Kier molecular flexibility index (Phi) is 10.2. The first kappa shape index (κ1) is 30.8. The Hall–Kier alpha value is -3.61. The van der Waals surface area contributed by atoms with Gasteiger partial charge in [0.1, 0.15) is 29.3 Å². The highest BCUT2D eigenvalue weighted by Gasteiger charge is 2.25. The van der Waals surface area contributed by atoms with Crippen molar-refractivity contribution in [2.24, 2.45) is 0 Å². The van der Waals surface area contributed by atoms with Gasteiger partial charge in [-0.25, -0.2) is 9.97 Å². The number of ether oxygens (including phenoxy) is 1. The van der Waals surface area contributed by atoms with Gasteiger partial charge in [0.15, 0.2) is 0 Å². The molecule has 4 heterocycles. The number of nitrogens with one attached hydrogen (secondary N) is 1. The van der Waals surface area contributed by atoms with Gasteiger partial charge >= 0.3 is 0 Å². The average molecular weight is 623 g/mol. The fraction of sp³-hybridized carbons (Fsp3) is 0.355. The third-order valence-electron chi connectivity index (χ3n) is 6.91. The summed E-state index contributed by atoms with van der Waals surface area (Å²) in [5, 5.41) is 24.3. The number of benzene rings is 1. The number of amides is 1. The van der Waals surface area contributed by atoms with E-state index in [-0.39, 0.29) is 5.91 Å². The Morgan fingerprint density at radius 3 is 2.72 bits per heavy atom. The van der Waals surface area contributed by atoms with Crippen LogP contribution in [-0.4, -0.2) is 79.3 Å². The van der Waals surface area contributed by atoms with E-state index in [2.05, 4.69) is 20.3 Å². The third-order valence-corrected chi connectivity index (χ3v) is 8.33. The molecule has 2 atom stereocenters. The van der Waals surface area contributed by atoms with Crippen molar-refractivity contribution in [3.63, 3.8) is 0 Å². The van der Waals surface area contributed by atoms with Crippen LogP contribution in [0.1, 0.15) is 30.0 Å². The van der Waals surface area contributed by atoms with Gasteiger partial charge in [0.2, 0.25) is 5.91 Å². The van der Waals surface area contributed by atoms with Gasteiger partial charge < -0.3 is 25.2 Å². The first-order valence-electron chi connectivity index (χ1n) is 14.1. The van der Waals surface area contributed by atoms with E-state index in [9.17, 15) is 15.0 Å². The standard InChI is InChI=1S/C31H35ClN6O4S/c1-20(39)15-37(16-21(2)40)12-5-7-28(41)38-13-10-24-27(17-38)43-31-29(24)30(34-19-35-31)36-22-8-9-26(25(32)14-22)42-18-23-6-3-4-11-33-23/h3-9,11,14,19-21,39-40H,10,12-13,15-18H2,1-2H3,(H,34,35,36). The molecule has 3 N–H and O–H groups in total. The van der Waals surface area contributed by atoms with E-state index in [1.54, 1.807) is 49.6 Å². The molecule has 5 rings (SSSR count). The molecular formula is C31H35ClN6O4S. The van der Waals surface area contributed by atoms with Crippen LogP contribution in [0.2, 0.25) is 5.02 Å². The second kappa shape index (κ2) is 14.2. The van der Waals surface area contributed by atoms with Crippen molar-refractivity contribution >= 4 is 50.6 Å². The average Bonchev–Trinajstić information content (AvgIpc) is 3.35. The summed E-state index contributed by atoms with van der Waals surface area (Å²) in [5.41, 5.74) is 2.74. The van der Waals surface area contributed by atoms with E-state index in [1.165, 1.54) is 6.33 Å². The number of anilines is 2. The van der Waals surface area contributed by atoms with E-state index in [0.717, 1.165) is 32.0 Å². The maximum Gasteiger partial charge on any atom is 0.246 e. The molecule has 1 aliphatic rings. The molecule has 0 saturated heterocycles. The molecule has 0 spiro atoms. The summed E-state index contributed by atoms with van der Waals surface area (Å²) in [4.78, 5) is 32.0. The number of fused-ring (bicyclic) bond motifs is 3. The first-order chi connectivity index (χ1) is 20.8. The van der Waals surface area contributed by atoms with Gasteiger partial charge in [-0.1, -0.05) is 23.7 Å². The number of thiophene rings is 1. The third kappa shape index (κ3) is 8.07. The van der Waals surface area contributed by atoms with Gasteiger partial charge in [0.05, 0.1) is 34.9 Å². The molecule has 0 fully saturated rings. The summed E-state index contributed by atoms with van der Waals surface area (Å²) >= 11 is 8.11. The number of aliphatic hydroxyl groups is 2. The second-order valence-electron chi connectivity index (χ2n) is 10.6. The van der Waals surface area contributed by atoms with Crippen molar-refractivity contribution in [1.29, 1.82) is 0 Å². The molecule has 0 bridgehead atoms. The molecule has 1 aromatic carbocycles. The number of halogens is 1. The topological polar surface area (TPSA) is 124 Å². The highest BCUT2D eigenvalue weighted by atomic mass is 35.5. The molecule has 3 aromatic heterocycles. The molecule has 1 aliphatic heterocycles. The quantitative estimate of drug-likeness (QED) is 0.195. The molecule has 10 nitrogen and oxygen atoms in total. The largest absolute Gasteiger partial charge is 0.486 e. The van der Waals surface area contributed by atoms with Crippen LogP contribution in [-0.2, 0) is 24.4 Å². The maximum absolute atomic E-state index is 13.0. The van der Waals surface area contributed by atoms with Crippen LogP contribution in [0.25, 0.3) is 10.2 Å². The normalized spacial score (nSPS) is 14.7. The molecule has 43 heavy (non-hydrogen) atoms. The van der Waals surface area contributed by atoms with Gasteiger partial charge in [-0.05, 0) is 56.2 Å². The molecule has 2 unspecified atom stereocenters. The lowest BCUT2D eigenvalue weighted by atomic mass is 10.0. The van der Waals surface area contributed by atoms with Crippen molar-refractivity contribution in [3.05, 3.63) is 82.2 Å². The van der Waals surface area contributed by atoms with Crippen LogP contribution in [0.4, 0.5) is 11.5 Å². The Bertz CT molecular complexity index is 1570. The van der Waals surface area contributed by atoms with Gasteiger partial charge in [0, 0.05) is 49.0 Å². The minimum Gasteiger partial charge on any atom is -0.486 e. The smallest absolute Gasteiger partial charge is 0.246 e. The van der Waals surface area contributed by atoms with Crippen molar-refractivity contribution < 1.29 is 19.7 Å². The van der Waals surface area contributed by atoms with Gasteiger partial charge in [-0.15, -0.1) is 11.3 Å². The summed E-state index contributed by atoms with van der Waals surface area (Å²) in [6, 6.07) is 11.2. The molecule has 4 aromatic rings. The molecule has 0 aliphatic carbocycles. The number of carbonyl (C=O) groups is 1. The predicted molar refractivity (Wildman–Crippen MR) is 169 cm³/mol. The maximum atomic E-state index is 13.0. The fourth-order valence-electron chi connectivity index (χ4n) is 5.06. The Labute approximate surface area is 259 Å². The Balaban J connectivity index is 1.25. The highest BCUT2D eigenvalue weighted by molar-refractivity contribution is 7.19. The lowest BCUT2D eigenvalue weighted by molar-refractivity contribution is -0.126. The number of aliphatic hydroxyl groups excluding tert-OH is 2. The summed E-state index contributed by atoms with van der Waals surface area (Å²) in [7, 11) is 0. The van der Waals surface area contributed by atoms with E-state index >= 15 is 0 Å². The van der Waals surface area contributed by atoms with Gasteiger partial charge in [0.25, 0.3) is 0 Å². The van der Waals surface area contributed by atoms with E-state index < -0.39 is 12.2 Å². The SMILES string of the molecule is CC(O)CN(CC=CC(=O)N1CCc2c(sc3ncnc(Nc4ccc(OCc5ccccn5)c(Cl)c4)c23)C1)CC(C)O. The van der Waals surface area contributed by atoms with Crippen molar-refractivity contribution in [1.82, 2.24) is 24.8 Å². The zero-order valence-electron chi connectivity index (χ0n) is 24.1. The molecule has 0 radical (unpaired) electrons. The molecular weight excluding hydrogens is 588 g/mol. The van der Waals surface area contributed by atoms with Gasteiger partial charge in [-0.3, -0.25) is 14.7 Å². The van der Waals surface area contributed by atoms with Gasteiger partial charge in [-0.2, -0.15) is 0 Å². The fourth-order valence-corrected chi connectivity index (χ4v) is 6.50. The number of carbonyl (C=O) groups excluding carboxylic acids is 1. The van der Waals surface area contributed by atoms with E-state index in [4.69, 9.17) is 16.3 Å². The van der Waals surface area contributed by atoms with Crippen LogP contribution in [0.5, 0.6) is 5.75 Å². The Morgan fingerprint density at radius 1 is 1.19 bits per heavy atom. The second-order valence-corrected chi connectivity index (χ2v) is 12.1. The number of hydrogen-bond donors (Lipinski definition) is 3. The van der Waals surface area contributed by atoms with Crippen molar-refractivity contribution in [3.8, 4) is 5.75 Å². The Morgan fingerprint density at radius 2 is 2.00 bits per heavy atom. The summed E-state index contributed by atoms with van der Waals surface area (Å²) < 4.78 is 5.85. The van der Waals surface area contributed by atoms with Crippen LogP contribution < -0.4 is 10.1 Å². The van der Waals surface area contributed by atoms with Crippen LogP contribution in [0.15, 0.2) is 61.1 Å². The molecule has 226 valence electrons. The van der Waals surface area contributed by atoms with Crippen LogP contribution in [0, 0.1) is 0 Å². The zero-order valence-corrected chi connectivity index (χ0v) is 25.7. The monoisotopic (exact) mass is 622 g/mol. The molecule has 0 saturated carbocycles. The number of rotatable bonds is 12. The summed E-state index contributed by atoms with van der Waals surface area (Å²) in [5.74, 6) is 1.19. The summed E-state index contributed by atoms with van der Waals surface area (Å²) in [6.45, 7) is 6.12. The minimum absolute atomic E-state index is 0.0680. The lowest BCUT2D eigenvalue weighted by Crippen LogP contribution is -2.37. The van der Waals surface area contributed by atoms with E-state index in [1.807, 2.05) is 40.1 Å². The summed E-state index contributed by atoms with van der Waals surface area (Å²) in [6.07, 6.45) is 6.28. The number of aromatic nitrogens is 3. The first-order valence-corrected chi connectivity index (χ1v) is 15.3. The van der Waals surface area contributed by atoms with Crippen LogP contribution >= 0.6 is 22.9 Å². The number of pyridine rings is 1. The van der Waals surface area contributed by atoms with Crippen LogP contribution in [0.3, 0.4) is 0 Å². The van der Waals surface area contributed by atoms with E-state index in [0.29, 0.717) is 62.3 Å². The van der Waals surface area contributed by atoms with Crippen molar-refractivity contribution in [2.75, 3.05) is 31.5 Å². The lowest BCUT2D eigenvalue weighted by Gasteiger charge is -2.26. The van der Waals surface area contributed by atoms with Crippen molar-refractivity contribution in [2.45, 2.75) is 45.6 Å².